The maximum absolute atomic E-state index is 6.69. The average Bonchev–Trinajstić information content (AvgIpc) is 2.94. The van der Waals surface area contributed by atoms with Crippen LogP contribution < -0.4 is 5.73 Å². The molecule has 0 radical (unpaired) electrons. The Hall–Kier alpha value is -3.26. The van der Waals surface area contributed by atoms with Crippen molar-refractivity contribution in [1.29, 1.82) is 0 Å². The predicted octanol–water partition coefficient (Wildman–Crippen LogP) is 5.61. The Morgan fingerprint density at radius 3 is 1.44 bits per heavy atom. The predicted molar refractivity (Wildman–Crippen MR) is 106 cm³/mol. The average molecular weight is 324 g/mol. The van der Waals surface area contributed by atoms with Gasteiger partial charge in [0.15, 0.2) is 0 Å². The van der Waals surface area contributed by atoms with Gasteiger partial charge in [-0.15, -0.1) is 0 Å². The smallest absolute Gasteiger partial charge is 0.0722 e. The summed E-state index contributed by atoms with van der Waals surface area (Å²) in [5.74, 6) is 0. The molecule has 3 aromatic carbocycles. The number of hydrogen-bond donors (Lipinski definition) is 1. The molecule has 25 heavy (non-hydrogen) atoms. The van der Waals surface area contributed by atoms with E-state index in [4.69, 9.17) is 5.73 Å². The summed E-state index contributed by atoms with van der Waals surface area (Å²) in [5.41, 5.74) is 14.2. The largest absolute Gasteiger partial charge is 0.396 e. The Labute approximate surface area is 148 Å². The Morgan fingerprint density at radius 2 is 0.960 bits per heavy atom. The van der Waals surface area contributed by atoms with Crippen LogP contribution in [-0.2, 0) is 7.05 Å². The topological polar surface area (TPSA) is 30.9 Å². The minimum absolute atomic E-state index is 0.818. The summed E-state index contributed by atoms with van der Waals surface area (Å²) in [6, 6.07) is 31.1. The second kappa shape index (κ2) is 6.33. The standard InChI is InChI=1S/C23H20N2/c1-25-22(18-13-7-3-8-14-18)20(17-11-5-2-6-12-17)21(24)23(25)19-15-9-4-10-16-19/h2-16H,24H2,1H3. The van der Waals surface area contributed by atoms with E-state index in [1.807, 2.05) is 30.3 Å². The van der Waals surface area contributed by atoms with Gasteiger partial charge in [0, 0.05) is 18.2 Å². The van der Waals surface area contributed by atoms with Gasteiger partial charge in [0.25, 0.3) is 0 Å². The van der Waals surface area contributed by atoms with E-state index in [0.717, 1.165) is 39.3 Å². The fourth-order valence-corrected chi connectivity index (χ4v) is 3.48. The van der Waals surface area contributed by atoms with Crippen LogP contribution in [0, 0.1) is 0 Å². The first-order valence-corrected chi connectivity index (χ1v) is 8.42. The summed E-state index contributed by atoms with van der Waals surface area (Å²) in [5, 5.41) is 0. The lowest BCUT2D eigenvalue weighted by atomic mass is 9.99. The second-order valence-electron chi connectivity index (χ2n) is 6.14. The van der Waals surface area contributed by atoms with Gasteiger partial charge in [-0.3, -0.25) is 0 Å². The zero-order valence-corrected chi connectivity index (χ0v) is 14.2. The quantitative estimate of drug-likeness (QED) is 0.522. The van der Waals surface area contributed by atoms with Gasteiger partial charge in [0.1, 0.15) is 0 Å². The van der Waals surface area contributed by atoms with Crippen LogP contribution in [0.25, 0.3) is 33.6 Å². The summed E-state index contributed by atoms with van der Waals surface area (Å²) >= 11 is 0. The molecule has 0 unspecified atom stereocenters. The third-order valence-electron chi connectivity index (χ3n) is 4.59. The monoisotopic (exact) mass is 324 g/mol. The van der Waals surface area contributed by atoms with Crippen molar-refractivity contribution in [3.63, 3.8) is 0 Å². The van der Waals surface area contributed by atoms with Gasteiger partial charge in [0.05, 0.1) is 17.1 Å². The molecule has 0 saturated heterocycles. The van der Waals surface area contributed by atoms with Crippen LogP contribution in [0.2, 0.25) is 0 Å². The zero-order valence-electron chi connectivity index (χ0n) is 14.2. The summed E-state index contributed by atoms with van der Waals surface area (Å²) < 4.78 is 2.21. The van der Waals surface area contributed by atoms with Crippen LogP contribution in [0.15, 0.2) is 91.0 Å². The van der Waals surface area contributed by atoms with Gasteiger partial charge in [-0.25, -0.2) is 0 Å². The van der Waals surface area contributed by atoms with Crippen molar-refractivity contribution in [2.75, 3.05) is 5.73 Å². The number of nitrogens with zero attached hydrogens (tertiary/aromatic N) is 1. The third kappa shape index (κ3) is 2.62. The SMILES string of the molecule is Cn1c(-c2ccccc2)c(N)c(-c2ccccc2)c1-c1ccccc1. The van der Waals surface area contributed by atoms with Crippen LogP contribution in [-0.4, -0.2) is 4.57 Å². The van der Waals surface area contributed by atoms with Crippen molar-refractivity contribution in [2.24, 2.45) is 7.05 Å². The highest BCUT2D eigenvalue weighted by molar-refractivity contribution is 5.98. The molecule has 0 atom stereocenters. The van der Waals surface area contributed by atoms with Gasteiger partial charge in [-0.2, -0.15) is 0 Å². The number of rotatable bonds is 3. The highest BCUT2D eigenvalue weighted by Crippen LogP contribution is 2.44. The molecule has 0 aliphatic carbocycles. The third-order valence-corrected chi connectivity index (χ3v) is 4.59. The molecule has 2 nitrogen and oxygen atoms in total. The van der Waals surface area contributed by atoms with E-state index in [0.29, 0.717) is 0 Å². The molecule has 2 heteroatoms. The van der Waals surface area contributed by atoms with Gasteiger partial charge in [0.2, 0.25) is 0 Å². The second-order valence-corrected chi connectivity index (χ2v) is 6.14. The molecule has 2 N–H and O–H groups in total. The van der Waals surface area contributed by atoms with E-state index in [2.05, 4.69) is 72.3 Å². The first-order valence-electron chi connectivity index (χ1n) is 8.42. The van der Waals surface area contributed by atoms with Crippen molar-refractivity contribution in [1.82, 2.24) is 4.57 Å². The number of hydrogen-bond acceptors (Lipinski definition) is 1. The highest BCUT2D eigenvalue weighted by Gasteiger charge is 2.22. The first-order chi connectivity index (χ1) is 12.3. The molecule has 0 spiro atoms. The summed E-state index contributed by atoms with van der Waals surface area (Å²) in [6.45, 7) is 0. The molecule has 0 amide bonds. The van der Waals surface area contributed by atoms with E-state index in [1.165, 1.54) is 0 Å². The molecule has 4 rings (SSSR count). The van der Waals surface area contributed by atoms with Crippen LogP contribution in [0.1, 0.15) is 0 Å². The Bertz CT molecular complexity index is 922. The van der Waals surface area contributed by atoms with Gasteiger partial charge in [-0.05, 0) is 11.1 Å². The Morgan fingerprint density at radius 1 is 0.560 bits per heavy atom. The first kappa shape index (κ1) is 15.3. The molecule has 4 aromatic rings. The van der Waals surface area contributed by atoms with Crippen LogP contribution in [0.5, 0.6) is 0 Å². The number of nitrogen functional groups attached to an aromatic ring is 1. The molecular weight excluding hydrogens is 304 g/mol. The summed E-state index contributed by atoms with van der Waals surface area (Å²) in [4.78, 5) is 0. The number of anilines is 1. The van der Waals surface area contributed by atoms with Crippen molar-refractivity contribution in [3.8, 4) is 33.6 Å². The molecule has 0 saturated carbocycles. The fourth-order valence-electron chi connectivity index (χ4n) is 3.48. The molecule has 0 aliphatic rings. The molecule has 1 heterocycles. The number of nitrogens with two attached hydrogens (primary N) is 1. The molecule has 1 aromatic heterocycles. The van der Waals surface area contributed by atoms with Crippen molar-refractivity contribution in [2.45, 2.75) is 0 Å². The molecular formula is C23H20N2. The lowest BCUT2D eigenvalue weighted by molar-refractivity contribution is 0.947. The normalized spacial score (nSPS) is 10.8. The van der Waals surface area contributed by atoms with E-state index in [1.54, 1.807) is 0 Å². The summed E-state index contributed by atoms with van der Waals surface area (Å²) in [7, 11) is 2.09. The maximum atomic E-state index is 6.69. The Balaban J connectivity index is 2.06. The summed E-state index contributed by atoms with van der Waals surface area (Å²) in [6.07, 6.45) is 0. The van der Waals surface area contributed by atoms with Gasteiger partial charge >= 0.3 is 0 Å². The lowest BCUT2D eigenvalue weighted by Gasteiger charge is -2.10. The van der Waals surface area contributed by atoms with E-state index in [9.17, 15) is 0 Å². The zero-order chi connectivity index (χ0) is 17.2. The number of aromatic nitrogens is 1. The van der Waals surface area contributed by atoms with Gasteiger partial charge in [-0.1, -0.05) is 91.0 Å². The maximum Gasteiger partial charge on any atom is 0.0722 e. The highest BCUT2D eigenvalue weighted by atomic mass is 15.0. The van der Waals surface area contributed by atoms with Crippen LogP contribution in [0.3, 0.4) is 0 Å². The van der Waals surface area contributed by atoms with Gasteiger partial charge < -0.3 is 10.3 Å². The molecule has 0 aliphatic heterocycles. The molecule has 0 fully saturated rings. The minimum Gasteiger partial charge on any atom is -0.396 e. The molecule has 122 valence electrons. The van der Waals surface area contributed by atoms with Crippen LogP contribution in [0.4, 0.5) is 5.69 Å². The van der Waals surface area contributed by atoms with Crippen LogP contribution >= 0.6 is 0 Å². The van der Waals surface area contributed by atoms with E-state index in [-0.39, 0.29) is 0 Å². The fraction of sp³-hybridized carbons (Fsp3) is 0.0435. The van der Waals surface area contributed by atoms with Crippen molar-refractivity contribution < 1.29 is 0 Å². The lowest BCUT2D eigenvalue weighted by Crippen LogP contribution is -1.96. The minimum atomic E-state index is 0.818. The molecule has 0 bridgehead atoms. The van der Waals surface area contributed by atoms with E-state index >= 15 is 0 Å². The van der Waals surface area contributed by atoms with E-state index < -0.39 is 0 Å². The van der Waals surface area contributed by atoms with Crippen molar-refractivity contribution in [3.05, 3.63) is 91.0 Å². The number of benzene rings is 3. The van der Waals surface area contributed by atoms with Crippen molar-refractivity contribution >= 4 is 5.69 Å². The Kier molecular flexibility index (Phi) is 3.87.